The molecule has 0 radical (unpaired) electrons. The van der Waals surface area contributed by atoms with Gasteiger partial charge in [-0.2, -0.15) is 4.39 Å². The quantitative estimate of drug-likeness (QED) is 0.355. The van der Waals surface area contributed by atoms with Crippen LogP contribution in [0.15, 0.2) is 11.6 Å². The molecule has 0 bridgehead atoms. The Morgan fingerprint density at radius 3 is 2.53 bits per heavy atom. The maximum atomic E-state index is 13.7. The number of fused-ring (bicyclic) bond motifs is 1. The van der Waals surface area contributed by atoms with Gasteiger partial charge in [0.05, 0.1) is 25.5 Å². The maximum absolute atomic E-state index is 13.7. The molecule has 0 spiro atoms. The van der Waals surface area contributed by atoms with Crippen LogP contribution >= 0.6 is 23.2 Å². The van der Waals surface area contributed by atoms with Crippen LogP contribution < -0.4 is 10.1 Å². The second kappa shape index (κ2) is 9.66. The van der Waals surface area contributed by atoms with Crippen molar-refractivity contribution in [3.05, 3.63) is 33.9 Å². The molecule has 30 heavy (non-hydrogen) atoms. The Kier molecular flexibility index (Phi) is 7.71. The van der Waals surface area contributed by atoms with Gasteiger partial charge in [-0.3, -0.25) is 9.59 Å². The molecule has 0 atom stereocenters. The number of hydrogen-bond donors (Lipinski definition) is 1. The first-order chi connectivity index (χ1) is 14.0. The van der Waals surface area contributed by atoms with E-state index < -0.39 is 16.5 Å². The van der Waals surface area contributed by atoms with Crippen LogP contribution in [0.5, 0.6) is 5.75 Å². The number of methoxy groups -OCH3 is 2. The number of esters is 2. The molecule has 164 valence electrons. The Morgan fingerprint density at radius 2 is 1.97 bits per heavy atom. The maximum Gasteiger partial charge on any atom is 0.341 e. The first-order valence-electron chi connectivity index (χ1n) is 9.01. The molecule has 1 N–H and O–H groups in total. The molecule has 1 amide bonds. The fourth-order valence-electron chi connectivity index (χ4n) is 3.15. The van der Waals surface area contributed by atoms with Crippen molar-refractivity contribution in [1.29, 1.82) is 0 Å². The summed E-state index contributed by atoms with van der Waals surface area (Å²) < 4.78 is 25.8. The molecule has 0 aliphatic carbocycles. The number of allylic oxidation sites excluding steroid dienone is 2. The van der Waals surface area contributed by atoms with E-state index in [9.17, 15) is 18.8 Å². The van der Waals surface area contributed by atoms with E-state index in [0.29, 0.717) is 28.9 Å². The summed E-state index contributed by atoms with van der Waals surface area (Å²) in [7, 11) is 2.75. The number of amides is 1. The average molecular weight is 462 g/mol. The molecule has 0 saturated carbocycles. The van der Waals surface area contributed by atoms with Gasteiger partial charge in [-0.25, -0.2) is 4.79 Å². The van der Waals surface area contributed by atoms with E-state index >= 15 is 0 Å². The number of nitrogens with one attached hydrogen (secondary N) is 1. The Bertz CT molecular complexity index is 908. The molecule has 1 aromatic rings. The molecule has 0 saturated heterocycles. The minimum atomic E-state index is -3.20. The second-order valence-electron chi connectivity index (χ2n) is 6.72. The first kappa shape index (κ1) is 24.0. The molecule has 1 aliphatic heterocycles. The Morgan fingerprint density at radius 1 is 1.30 bits per heavy atom. The molecule has 2 rings (SSSR count). The highest BCUT2D eigenvalue weighted by Gasteiger charge is 2.38. The number of benzene rings is 1. The van der Waals surface area contributed by atoms with E-state index in [-0.39, 0.29) is 36.7 Å². The lowest BCUT2D eigenvalue weighted by molar-refractivity contribution is -0.140. The lowest BCUT2D eigenvalue weighted by atomic mass is 9.93. The highest BCUT2D eigenvalue weighted by molar-refractivity contribution is 6.57. The monoisotopic (exact) mass is 461 g/mol. The van der Waals surface area contributed by atoms with Gasteiger partial charge in [0.25, 0.3) is 5.91 Å². The van der Waals surface area contributed by atoms with E-state index in [1.165, 1.54) is 14.2 Å². The Hall–Kier alpha value is -2.32. The molecule has 1 heterocycles. The molecule has 7 nitrogen and oxygen atoms in total. The number of carbonyl (C=O) groups excluding carboxylic acids is 3. The molecule has 1 aliphatic rings. The van der Waals surface area contributed by atoms with Gasteiger partial charge < -0.3 is 19.5 Å². The predicted octanol–water partition coefficient (Wildman–Crippen LogP) is 4.16. The zero-order chi connectivity index (χ0) is 22.6. The molecule has 0 aromatic heterocycles. The minimum Gasteiger partial charge on any atom is -0.496 e. The number of alkyl halides is 3. The summed E-state index contributed by atoms with van der Waals surface area (Å²) in [6.45, 7) is 3.58. The molecule has 0 fully saturated rings. The molecular formula is C20H22Cl2FNO6. The zero-order valence-corrected chi connectivity index (χ0v) is 18.5. The van der Waals surface area contributed by atoms with Crippen molar-refractivity contribution < 1.29 is 33.0 Å². The van der Waals surface area contributed by atoms with Crippen LogP contribution in [0.4, 0.5) is 10.1 Å². The van der Waals surface area contributed by atoms with Gasteiger partial charge in [0.1, 0.15) is 12.4 Å². The van der Waals surface area contributed by atoms with Crippen LogP contribution in [0.25, 0.3) is 0 Å². The normalized spacial score (nSPS) is 13.6. The number of anilines is 1. The van der Waals surface area contributed by atoms with Crippen LogP contribution in [0.2, 0.25) is 0 Å². The standard InChI is InChI=1S/C20H22Cl2FNO6/c1-10(6-8-14(25)28-3)5-7-12-16(24-19(27)20(21,22)23)15-13(9-30-18(15)26)11(2)17(12)29-4/h5H,6-9H2,1-4H3,(H,24,27)/b10-5+. The molecule has 0 unspecified atom stereocenters. The van der Waals surface area contributed by atoms with Crippen molar-refractivity contribution in [2.75, 3.05) is 19.5 Å². The smallest absolute Gasteiger partial charge is 0.341 e. The van der Waals surface area contributed by atoms with E-state index in [2.05, 4.69) is 10.1 Å². The van der Waals surface area contributed by atoms with E-state index in [4.69, 9.17) is 32.7 Å². The number of cyclic esters (lactones) is 1. The third-order valence-electron chi connectivity index (χ3n) is 4.78. The average Bonchev–Trinajstić information content (AvgIpc) is 3.07. The van der Waals surface area contributed by atoms with Gasteiger partial charge in [-0.05, 0) is 32.3 Å². The second-order valence-corrected chi connectivity index (χ2v) is 7.96. The van der Waals surface area contributed by atoms with Crippen molar-refractivity contribution >= 4 is 46.7 Å². The third kappa shape index (κ3) is 5.23. The van der Waals surface area contributed by atoms with Crippen molar-refractivity contribution in [2.24, 2.45) is 0 Å². The fourth-order valence-corrected chi connectivity index (χ4v) is 3.25. The largest absolute Gasteiger partial charge is 0.496 e. The summed E-state index contributed by atoms with van der Waals surface area (Å²) in [4.78, 5) is 35.8. The lowest BCUT2D eigenvalue weighted by Crippen LogP contribution is -2.29. The number of hydrogen-bond acceptors (Lipinski definition) is 6. The number of halogens is 3. The first-order valence-corrected chi connectivity index (χ1v) is 9.76. The lowest BCUT2D eigenvalue weighted by Gasteiger charge is -2.20. The van der Waals surface area contributed by atoms with Crippen LogP contribution in [-0.4, -0.2) is 36.7 Å². The van der Waals surface area contributed by atoms with Crippen LogP contribution in [0.3, 0.4) is 0 Å². The summed E-state index contributed by atoms with van der Waals surface area (Å²) in [5, 5.41) is 2.30. The minimum absolute atomic E-state index is 0.00394. The van der Waals surface area contributed by atoms with E-state index in [0.717, 1.165) is 5.57 Å². The van der Waals surface area contributed by atoms with Crippen LogP contribution in [0.1, 0.15) is 46.8 Å². The van der Waals surface area contributed by atoms with E-state index in [1.54, 1.807) is 6.92 Å². The highest BCUT2D eigenvalue weighted by atomic mass is 35.5. The summed E-state index contributed by atoms with van der Waals surface area (Å²) in [6, 6.07) is 0. The summed E-state index contributed by atoms with van der Waals surface area (Å²) >= 11 is 10.5. The van der Waals surface area contributed by atoms with Crippen molar-refractivity contribution in [3.8, 4) is 5.75 Å². The molecule has 1 aromatic carbocycles. The van der Waals surface area contributed by atoms with Crippen molar-refractivity contribution in [2.45, 2.75) is 44.3 Å². The van der Waals surface area contributed by atoms with Gasteiger partial charge in [0, 0.05) is 17.5 Å². The molecule has 10 heteroatoms. The third-order valence-corrected chi connectivity index (χ3v) is 5.12. The predicted molar refractivity (Wildman–Crippen MR) is 110 cm³/mol. The van der Waals surface area contributed by atoms with Gasteiger partial charge in [-0.1, -0.05) is 34.9 Å². The Labute approximate surface area is 183 Å². The number of carbonyl (C=O) groups is 3. The Balaban J connectivity index is 2.52. The summed E-state index contributed by atoms with van der Waals surface area (Å²) in [6.07, 6.45) is 2.70. The topological polar surface area (TPSA) is 90.9 Å². The van der Waals surface area contributed by atoms with Gasteiger partial charge in [0.2, 0.25) is 0 Å². The highest BCUT2D eigenvalue weighted by Crippen LogP contribution is 2.42. The summed E-state index contributed by atoms with van der Waals surface area (Å²) in [5.74, 6) is -1.93. The van der Waals surface area contributed by atoms with Crippen molar-refractivity contribution in [1.82, 2.24) is 0 Å². The fraction of sp³-hybridized carbons (Fsp3) is 0.450. The van der Waals surface area contributed by atoms with Gasteiger partial charge in [0.15, 0.2) is 0 Å². The SMILES string of the molecule is COC(=O)CC/C(C)=C/Cc1c(NC(=O)C(F)(Cl)Cl)c2c(c(C)c1OC)COC2=O. The van der Waals surface area contributed by atoms with Crippen molar-refractivity contribution in [3.63, 3.8) is 0 Å². The van der Waals surface area contributed by atoms with Gasteiger partial charge in [-0.15, -0.1) is 0 Å². The van der Waals surface area contributed by atoms with Gasteiger partial charge >= 0.3 is 16.5 Å². The van der Waals surface area contributed by atoms with Crippen LogP contribution in [0, 0.1) is 6.92 Å². The van der Waals surface area contributed by atoms with E-state index in [1.807, 2.05) is 13.0 Å². The number of rotatable bonds is 8. The van der Waals surface area contributed by atoms with Crippen LogP contribution in [-0.2, 0) is 32.1 Å². The molecular weight excluding hydrogens is 440 g/mol. The number of ether oxygens (including phenoxy) is 3. The summed E-state index contributed by atoms with van der Waals surface area (Å²) in [5.41, 5.74) is 2.62. The zero-order valence-electron chi connectivity index (χ0n) is 17.0.